The molecule has 0 fully saturated rings. The van der Waals surface area contributed by atoms with E-state index >= 15 is 0 Å². The van der Waals surface area contributed by atoms with Crippen LogP contribution in [0.1, 0.15) is 40.0 Å². The molecule has 5 heterocycles. The zero-order valence-corrected chi connectivity index (χ0v) is 21.1. The topological polar surface area (TPSA) is 111 Å². The monoisotopic (exact) mass is 515 g/mol. The Labute approximate surface area is 222 Å². The summed E-state index contributed by atoms with van der Waals surface area (Å²) >= 11 is 1.57. The van der Waals surface area contributed by atoms with Gasteiger partial charge in [-0.05, 0) is 31.2 Å². The van der Waals surface area contributed by atoms with Gasteiger partial charge in [0.1, 0.15) is 5.56 Å². The lowest BCUT2D eigenvalue weighted by Crippen LogP contribution is -2.28. The summed E-state index contributed by atoms with van der Waals surface area (Å²) in [5.41, 5.74) is 11.9. The molecule has 3 N–H and O–H groups in total. The van der Waals surface area contributed by atoms with Gasteiger partial charge in [-0.1, -0.05) is 42.2 Å². The number of nitrogens with one attached hydrogen (secondary N) is 1. The summed E-state index contributed by atoms with van der Waals surface area (Å²) in [4.78, 5) is 26.7. The third-order valence-electron chi connectivity index (χ3n) is 6.11. The lowest BCUT2D eigenvalue weighted by atomic mass is 9.99. The number of aromatic nitrogens is 5. The van der Waals surface area contributed by atoms with Gasteiger partial charge in [0.05, 0.1) is 27.5 Å². The number of benzene rings is 1. The van der Waals surface area contributed by atoms with E-state index in [4.69, 9.17) is 10.7 Å². The second-order valence-electron chi connectivity index (χ2n) is 8.62. The van der Waals surface area contributed by atoms with Gasteiger partial charge in [0, 0.05) is 46.9 Å². The van der Waals surface area contributed by atoms with Crippen molar-refractivity contribution in [3.63, 3.8) is 0 Å². The van der Waals surface area contributed by atoms with Gasteiger partial charge in [-0.3, -0.25) is 9.78 Å². The predicted octanol–water partition coefficient (Wildman–Crippen LogP) is 4.87. The highest BCUT2D eigenvalue weighted by Crippen LogP contribution is 2.34. The van der Waals surface area contributed by atoms with E-state index in [1.165, 1.54) is 4.52 Å². The number of thiophene rings is 1. The van der Waals surface area contributed by atoms with Crippen molar-refractivity contribution in [3.8, 4) is 23.1 Å². The quantitative estimate of drug-likeness (QED) is 0.324. The first-order chi connectivity index (χ1) is 18.6. The van der Waals surface area contributed by atoms with Crippen molar-refractivity contribution in [2.45, 2.75) is 13.0 Å². The van der Waals surface area contributed by atoms with Crippen LogP contribution in [0.3, 0.4) is 0 Å². The zero-order valence-electron chi connectivity index (χ0n) is 20.3. The molecule has 6 rings (SSSR count). The van der Waals surface area contributed by atoms with Crippen molar-refractivity contribution in [2.24, 2.45) is 0 Å². The molecule has 38 heavy (non-hydrogen) atoms. The van der Waals surface area contributed by atoms with E-state index in [0.717, 1.165) is 38.2 Å². The van der Waals surface area contributed by atoms with E-state index < -0.39 is 0 Å². The minimum Gasteiger partial charge on any atom is -0.381 e. The molecule has 0 saturated heterocycles. The number of nitrogen functional groups attached to an aromatic ring is 1. The molecule has 9 heteroatoms. The van der Waals surface area contributed by atoms with E-state index in [1.807, 2.05) is 54.8 Å². The summed E-state index contributed by atoms with van der Waals surface area (Å²) in [7, 11) is 0. The lowest BCUT2D eigenvalue weighted by molar-refractivity contribution is 0.0942. The second-order valence-corrected chi connectivity index (χ2v) is 9.53. The molecule has 5 aromatic heterocycles. The molecular formula is C29H21N7OS. The van der Waals surface area contributed by atoms with Gasteiger partial charge >= 0.3 is 0 Å². The van der Waals surface area contributed by atoms with Crippen LogP contribution in [0.15, 0.2) is 84.8 Å². The normalized spacial score (nSPS) is 11.7. The fourth-order valence-corrected chi connectivity index (χ4v) is 5.14. The van der Waals surface area contributed by atoms with Gasteiger partial charge in [-0.25, -0.2) is 14.5 Å². The van der Waals surface area contributed by atoms with Crippen LogP contribution in [0.2, 0.25) is 0 Å². The van der Waals surface area contributed by atoms with E-state index in [1.54, 1.807) is 42.2 Å². The predicted molar refractivity (Wildman–Crippen MR) is 149 cm³/mol. The molecule has 184 valence electrons. The van der Waals surface area contributed by atoms with Crippen LogP contribution in [0.4, 0.5) is 5.82 Å². The van der Waals surface area contributed by atoms with Crippen LogP contribution in [-0.2, 0) is 0 Å². The maximum Gasteiger partial charge on any atom is 0.259 e. The SMILES string of the molecule is C[C@H](NC(=O)c1c(N)nn2cccnc12)c1cc2scc(C#Cc3ccncc3)c2nc1-c1ccccc1. The van der Waals surface area contributed by atoms with E-state index in [0.29, 0.717) is 5.65 Å². The number of carbonyl (C=O) groups excluding carboxylic acids is 1. The Bertz CT molecular complexity index is 1850. The Morgan fingerprint density at radius 2 is 1.89 bits per heavy atom. The average molecular weight is 516 g/mol. The number of hydrogen-bond acceptors (Lipinski definition) is 7. The van der Waals surface area contributed by atoms with E-state index in [-0.39, 0.29) is 23.3 Å². The lowest BCUT2D eigenvalue weighted by Gasteiger charge is -2.18. The van der Waals surface area contributed by atoms with Crippen LogP contribution >= 0.6 is 11.3 Å². The fourth-order valence-electron chi connectivity index (χ4n) is 4.26. The molecule has 0 saturated carbocycles. The Morgan fingerprint density at radius 1 is 1.08 bits per heavy atom. The van der Waals surface area contributed by atoms with Gasteiger partial charge in [0.25, 0.3) is 5.91 Å². The Hall–Kier alpha value is -5.07. The van der Waals surface area contributed by atoms with E-state index in [2.05, 4.69) is 38.3 Å². The molecule has 6 aromatic rings. The molecule has 0 radical (unpaired) electrons. The summed E-state index contributed by atoms with van der Waals surface area (Å²) in [5, 5.41) is 9.30. The Kier molecular flexibility index (Phi) is 6.00. The van der Waals surface area contributed by atoms with Crippen molar-refractivity contribution in [3.05, 3.63) is 107 Å². The molecule has 8 nitrogen and oxygen atoms in total. The van der Waals surface area contributed by atoms with Crippen molar-refractivity contribution in [1.29, 1.82) is 0 Å². The number of fused-ring (bicyclic) bond motifs is 2. The van der Waals surface area contributed by atoms with Gasteiger partial charge in [0.15, 0.2) is 11.5 Å². The fraction of sp³-hybridized carbons (Fsp3) is 0.0690. The Balaban J connectivity index is 1.41. The summed E-state index contributed by atoms with van der Waals surface area (Å²) in [6, 6.07) is 17.1. The molecule has 1 aromatic carbocycles. The number of nitrogens with zero attached hydrogens (tertiary/aromatic N) is 5. The smallest absolute Gasteiger partial charge is 0.259 e. The minimum atomic E-state index is -0.374. The van der Waals surface area contributed by atoms with Gasteiger partial charge < -0.3 is 11.1 Å². The molecule has 0 aliphatic rings. The molecule has 0 unspecified atom stereocenters. The minimum absolute atomic E-state index is 0.126. The van der Waals surface area contributed by atoms with Crippen molar-refractivity contribution in [2.75, 3.05) is 5.73 Å². The zero-order chi connectivity index (χ0) is 26.1. The van der Waals surface area contributed by atoms with Crippen LogP contribution in [-0.4, -0.2) is 30.5 Å². The third kappa shape index (κ3) is 4.34. The molecule has 0 aliphatic heterocycles. The number of carbonyl (C=O) groups is 1. The maximum absolute atomic E-state index is 13.3. The summed E-state index contributed by atoms with van der Waals surface area (Å²) in [6.07, 6.45) is 6.75. The van der Waals surface area contributed by atoms with Gasteiger partial charge in [-0.2, -0.15) is 0 Å². The molecule has 0 spiro atoms. The van der Waals surface area contributed by atoms with Crippen molar-refractivity contribution >= 4 is 38.9 Å². The maximum atomic E-state index is 13.3. The summed E-state index contributed by atoms with van der Waals surface area (Å²) in [5.74, 6) is 6.22. The number of rotatable bonds is 4. The van der Waals surface area contributed by atoms with E-state index in [9.17, 15) is 4.79 Å². The standard InChI is InChI=1S/C29H21N7OS/c1-18(33-29(37)24-27(30)35-36-15-5-12-32-28(24)36)22-16-23-26(34-25(22)20-6-3-2-4-7-20)21(17-38-23)9-8-19-10-13-31-14-11-19/h2-7,10-18H,1H3,(H2,30,35)(H,33,37)/t18-/m0/s1. The largest absolute Gasteiger partial charge is 0.381 e. The first-order valence-corrected chi connectivity index (χ1v) is 12.8. The first-order valence-electron chi connectivity index (χ1n) is 11.9. The van der Waals surface area contributed by atoms with Crippen molar-refractivity contribution in [1.82, 2.24) is 29.9 Å². The molecule has 0 bridgehead atoms. The van der Waals surface area contributed by atoms with Crippen molar-refractivity contribution < 1.29 is 4.79 Å². The number of hydrogen-bond donors (Lipinski definition) is 2. The summed E-state index contributed by atoms with van der Waals surface area (Å²) in [6.45, 7) is 1.93. The summed E-state index contributed by atoms with van der Waals surface area (Å²) < 4.78 is 2.48. The second kappa shape index (κ2) is 9.76. The van der Waals surface area contributed by atoms with Gasteiger partial charge in [0.2, 0.25) is 0 Å². The number of anilines is 1. The highest BCUT2D eigenvalue weighted by Gasteiger charge is 2.23. The highest BCUT2D eigenvalue weighted by atomic mass is 32.1. The Morgan fingerprint density at radius 3 is 2.71 bits per heavy atom. The molecular weight excluding hydrogens is 494 g/mol. The molecule has 1 atom stereocenters. The van der Waals surface area contributed by atoms with Crippen LogP contribution in [0.5, 0.6) is 0 Å². The number of nitrogens with two attached hydrogens (primary N) is 1. The highest BCUT2D eigenvalue weighted by molar-refractivity contribution is 7.17. The first kappa shape index (κ1) is 23.3. The number of amides is 1. The van der Waals surface area contributed by atoms with Crippen LogP contribution < -0.4 is 11.1 Å². The molecule has 1 amide bonds. The molecule has 0 aliphatic carbocycles. The number of pyridine rings is 2. The average Bonchev–Trinajstić information content (AvgIpc) is 3.51. The third-order valence-corrected chi connectivity index (χ3v) is 7.03. The van der Waals surface area contributed by atoms with Gasteiger partial charge in [-0.15, -0.1) is 16.4 Å². The van der Waals surface area contributed by atoms with Crippen LogP contribution in [0.25, 0.3) is 27.1 Å². The van der Waals surface area contributed by atoms with Crippen LogP contribution in [0, 0.1) is 11.8 Å².